The number of carbonyl (C=O) groups is 3. The third kappa shape index (κ3) is 13.8. The fraction of sp³-hybridized carbons (Fsp3) is 0.571. The number of alkyl carbamates (subject to hydrolysis) is 1. The van der Waals surface area contributed by atoms with Gasteiger partial charge in [-0.15, -0.1) is 0 Å². The van der Waals surface area contributed by atoms with Crippen LogP contribution in [0.5, 0.6) is 5.75 Å². The van der Waals surface area contributed by atoms with Gasteiger partial charge >= 0.3 is 6.09 Å². The molecule has 0 atom stereocenters. The monoisotopic (exact) mass is 519 g/mol. The maximum Gasteiger partial charge on any atom is 0.407 e. The lowest BCUT2D eigenvalue weighted by molar-refractivity contribution is -0.121. The fourth-order valence-electron chi connectivity index (χ4n) is 2.32. The van der Waals surface area contributed by atoms with Gasteiger partial charge in [-0.25, -0.2) is 4.79 Å². The molecule has 0 unspecified atom stereocenters. The van der Waals surface area contributed by atoms with Gasteiger partial charge in [-0.1, -0.05) is 27.5 Å². The average Bonchev–Trinajstić information content (AvgIpc) is 2.65. The minimum Gasteiger partial charge on any atom is -0.492 e. The molecule has 1 aromatic rings. The molecule has 0 aromatic heterocycles. The Balaban J connectivity index is 2.01. The zero-order valence-corrected chi connectivity index (χ0v) is 20.5. The molecule has 0 aliphatic carbocycles. The molecule has 10 heteroatoms. The molecule has 0 radical (unpaired) electrons. The molecule has 3 N–H and O–H groups in total. The first-order valence-corrected chi connectivity index (χ1v) is 11.3. The third-order valence-corrected chi connectivity index (χ3v) is 4.51. The lowest BCUT2D eigenvalue weighted by Gasteiger charge is -2.19. The van der Waals surface area contributed by atoms with Crippen molar-refractivity contribution in [3.05, 3.63) is 27.7 Å². The summed E-state index contributed by atoms with van der Waals surface area (Å²) in [5, 5.41) is 8.59. The first-order chi connectivity index (χ1) is 14.6. The predicted molar refractivity (Wildman–Crippen MR) is 123 cm³/mol. The van der Waals surface area contributed by atoms with E-state index in [1.807, 2.05) is 6.07 Å². The zero-order valence-electron chi connectivity index (χ0n) is 18.2. The molecule has 0 heterocycles. The molecule has 0 spiro atoms. The highest BCUT2D eigenvalue weighted by Gasteiger charge is 2.15. The predicted octanol–water partition coefficient (Wildman–Crippen LogP) is 3.80. The summed E-state index contributed by atoms with van der Waals surface area (Å²) in [7, 11) is 0. The number of benzene rings is 1. The van der Waals surface area contributed by atoms with E-state index in [1.54, 1.807) is 32.9 Å². The van der Waals surface area contributed by atoms with Crippen LogP contribution < -0.4 is 20.7 Å². The quantitative estimate of drug-likeness (QED) is 0.364. The standard InChI is InChI=1S/C21H31BrClN3O5/c1-21(2,3)31-20(29)26-12-9-19(28)25-11-5-10-24-18(27)6-4-13-30-17-8-7-15(22)14-16(17)23/h7-8,14H,4-6,9-13H2,1-3H3,(H,24,27)(H,25,28)(H,26,29). The van der Waals surface area contributed by atoms with Gasteiger partial charge in [0.15, 0.2) is 0 Å². The number of rotatable bonds is 12. The Morgan fingerprint density at radius 1 is 0.968 bits per heavy atom. The second-order valence-corrected chi connectivity index (χ2v) is 9.08. The summed E-state index contributed by atoms with van der Waals surface area (Å²) < 4.78 is 11.5. The van der Waals surface area contributed by atoms with Gasteiger partial charge in [-0.05, 0) is 51.8 Å². The van der Waals surface area contributed by atoms with Gasteiger partial charge in [0.1, 0.15) is 11.4 Å². The van der Waals surface area contributed by atoms with Crippen LogP contribution in [-0.2, 0) is 14.3 Å². The molecule has 3 amide bonds. The Kier molecular flexibility index (Phi) is 12.3. The van der Waals surface area contributed by atoms with Crippen LogP contribution in [0.15, 0.2) is 22.7 Å². The van der Waals surface area contributed by atoms with Gasteiger partial charge in [0, 0.05) is 36.9 Å². The van der Waals surface area contributed by atoms with Crippen LogP contribution >= 0.6 is 27.5 Å². The Morgan fingerprint density at radius 3 is 2.23 bits per heavy atom. The number of amides is 3. The first kappa shape index (κ1) is 27.0. The van der Waals surface area contributed by atoms with Crippen molar-refractivity contribution in [2.45, 2.75) is 52.1 Å². The summed E-state index contributed by atoms with van der Waals surface area (Å²) in [5.74, 6) is 0.340. The van der Waals surface area contributed by atoms with E-state index >= 15 is 0 Å². The van der Waals surface area contributed by atoms with Crippen molar-refractivity contribution in [2.75, 3.05) is 26.2 Å². The van der Waals surface area contributed by atoms with E-state index < -0.39 is 11.7 Å². The highest BCUT2D eigenvalue weighted by Crippen LogP contribution is 2.27. The first-order valence-electron chi connectivity index (χ1n) is 10.1. The van der Waals surface area contributed by atoms with Crippen molar-refractivity contribution in [2.24, 2.45) is 0 Å². The minimum atomic E-state index is -0.572. The van der Waals surface area contributed by atoms with Gasteiger partial charge in [-0.2, -0.15) is 0 Å². The van der Waals surface area contributed by atoms with E-state index in [-0.39, 0.29) is 24.8 Å². The third-order valence-electron chi connectivity index (χ3n) is 3.72. The van der Waals surface area contributed by atoms with E-state index in [4.69, 9.17) is 21.1 Å². The van der Waals surface area contributed by atoms with Crippen molar-refractivity contribution in [1.29, 1.82) is 0 Å². The van der Waals surface area contributed by atoms with Crippen LogP contribution in [0.2, 0.25) is 5.02 Å². The Labute approximate surface area is 196 Å². The van der Waals surface area contributed by atoms with Gasteiger partial charge in [0.2, 0.25) is 11.8 Å². The van der Waals surface area contributed by atoms with Crippen molar-refractivity contribution in [3.63, 3.8) is 0 Å². The number of ether oxygens (including phenoxy) is 2. The number of carbonyl (C=O) groups excluding carboxylic acids is 3. The van der Waals surface area contributed by atoms with Crippen LogP contribution in [-0.4, -0.2) is 49.7 Å². The number of hydrogen-bond acceptors (Lipinski definition) is 5. The van der Waals surface area contributed by atoms with Crippen LogP contribution in [0.1, 0.15) is 46.5 Å². The number of halogens is 2. The summed E-state index contributed by atoms with van der Waals surface area (Å²) in [6.45, 7) is 6.81. The SMILES string of the molecule is CC(C)(C)OC(=O)NCCC(=O)NCCCNC(=O)CCCOc1ccc(Br)cc1Cl. The highest BCUT2D eigenvalue weighted by atomic mass is 79.9. The topological polar surface area (TPSA) is 106 Å². The molecule has 1 aromatic carbocycles. The number of nitrogens with one attached hydrogen (secondary N) is 3. The zero-order chi connectivity index (χ0) is 23.3. The van der Waals surface area contributed by atoms with Crippen molar-refractivity contribution in [1.82, 2.24) is 16.0 Å². The summed E-state index contributed by atoms with van der Waals surface area (Å²) in [6, 6.07) is 5.36. The Bertz CT molecular complexity index is 740. The molecule has 8 nitrogen and oxygen atoms in total. The van der Waals surface area contributed by atoms with E-state index in [2.05, 4.69) is 31.9 Å². The molecule has 0 saturated carbocycles. The summed E-state index contributed by atoms with van der Waals surface area (Å²) in [4.78, 5) is 35.0. The summed E-state index contributed by atoms with van der Waals surface area (Å²) >= 11 is 9.40. The summed E-state index contributed by atoms with van der Waals surface area (Å²) in [6.07, 6.45) is 1.14. The van der Waals surface area contributed by atoms with Crippen molar-refractivity contribution >= 4 is 45.4 Å². The van der Waals surface area contributed by atoms with Gasteiger partial charge in [0.25, 0.3) is 0 Å². The van der Waals surface area contributed by atoms with Crippen LogP contribution in [0, 0.1) is 0 Å². The Morgan fingerprint density at radius 2 is 1.61 bits per heavy atom. The number of hydrogen-bond donors (Lipinski definition) is 3. The van der Waals surface area contributed by atoms with Crippen LogP contribution in [0.25, 0.3) is 0 Å². The maximum absolute atomic E-state index is 11.8. The van der Waals surface area contributed by atoms with Gasteiger partial charge in [0.05, 0.1) is 11.6 Å². The second-order valence-electron chi connectivity index (χ2n) is 7.76. The molecule has 0 aliphatic rings. The second kappa shape index (κ2) is 14.1. The molecule has 31 heavy (non-hydrogen) atoms. The minimum absolute atomic E-state index is 0.0709. The lowest BCUT2D eigenvalue weighted by atomic mass is 10.2. The molecule has 0 saturated heterocycles. The van der Waals surface area contributed by atoms with Crippen molar-refractivity contribution < 1.29 is 23.9 Å². The Hall–Kier alpha value is -2.00. The average molecular weight is 521 g/mol. The normalized spacial score (nSPS) is 10.9. The van der Waals surface area contributed by atoms with E-state index in [0.29, 0.717) is 49.7 Å². The van der Waals surface area contributed by atoms with Crippen LogP contribution in [0.3, 0.4) is 0 Å². The molecule has 0 aliphatic heterocycles. The molecule has 174 valence electrons. The fourth-order valence-corrected chi connectivity index (χ4v) is 3.05. The summed E-state index contributed by atoms with van der Waals surface area (Å²) in [5.41, 5.74) is -0.572. The highest BCUT2D eigenvalue weighted by molar-refractivity contribution is 9.10. The lowest BCUT2D eigenvalue weighted by Crippen LogP contribution is -2.35. The van der Waals surface area contributed by atoms with E-state index in [0.717, 1.165) is 4.47 Å². The molecule has 1 rings (SSSR count). The van der Waals surface area contributed by atoms with Gasteiger partial charge in [-0.3, -0.25) is 9.59 Å². The van der Waals surface area contributed by atoms with E-state index in [9.17, 15) is 14.4 Å². The van der Waals surface area contributed by atoms with Gasteiger partial charge < -0.3 is 25.4 Å². The molecular formula is C21H31BrClN3O5. The largest absolute Gasteiger partial charge is 0.492 e. The van der Waals surface area contributed by atoms with Crippen LogP contribution in [0.4, 0.5) is 4.79 Å². The maximum atomic E-state index is 11.8. The van der Waals surface area contributed by atoms with E-state index in [1.165, 1.54) is 0 Å². The molecule has 0 fully saturated rings. The molecular weight excluding hydrogens is 490 g/mol. The smallest absolute Gasteiger partial charge is 0.407 e. The molecule has 0 bridgehead atoms. The van der Waals surface area contributed by atoms with Crippen molar-refractivity contribution in [3.8, 4) is 5.75 Å².